The summed E-state index contributed by atoms with van der Waals surface area (Å²) in [5.74, 6) is 1.16. The van der Waals surface area contributed by atoms with Crippen LogP contribution in [0.4, 0.5) is 0 Å². The Morgan fingerprint density at radius 2 is 2.12 bits per heavy atom. The van der Waals surface area contributed by atoms with Crippen LogP contribution < -0.4 is 0 Å². The monoisotopic (exact) mass is 265 g/mol. The predicted molar refractivity (Wildman–Crippen MR) is 74.9 cm³/mol. The van der Waals surface area contributed by atoms with Crippen molar-refractivity contribution in [2.45, 2.75) is 19.8 Å². The molecule has 1 heterocycles. The molecule has 17 heavy (non-hydrogen) atoms. The van der Waals surface area contributed by atoms with Crippen molar-refractivity contribution in [3.05, 3.63) is 52.0 Å². The summed E-state index contributed by atoms with van der Waals surface area (Å²) in [4.78, 5) is 4.33. The van der Waals surface area contributed by atoms with Gasteiger partial charge in [0.05, 0.1) is 11.2 Å². The van der Waals surface area contributed by atoms with E-state index in [1.165, 1.54) is 11.1 Å². The smallest absolute Gasteiger partial charge is 0.0794 e. The van der Waals surface area contributed by atoms with Crippen LogP contribution in [-0.4, -0.2) is 10.9 Å². The van der Waals surface area contributed by atoms with Gasteiger partial charge < -0.3 is 0 Å². The average Bonchev–Trinajstić information content (AvgIpc) is 2.84. The largest absolute Gasteiger partial charge is 0.250 e. The van der Waals surface area contributed by atoms with Gasteiger partial charge in [-0.25, -0.2) is 4.98 Å². The quantitative estimate of drug-likeness (QED) is 0.742. The van der Waals surface area contributed by atoms with Gasteiger partial charge in [0.15, 0.2) is 0 Å². The highest BCUT2D eigenvalue weighted by atomic mass is 35.5. The highest BCUT2D eigenvalue weighted by Gasteiger charge is 2.11. The fraction of sp³-hybridized carbons (Fsp3) is 0.357. The summed E-state index contributed by atoms with van der Waals surface area (Å²) in [6.07, 6.45) is 2.01. The van der Waals surface area contributed by atoms with Gasteiger partial charge in [0.25, 0.3) is 0 Å². The van der Waals surface area contributed by atoms with E-state index in [4.69, 9.17) is 11.6 Å². The number of thiazole rings is 1. The number of benzene rings is 1. The molecular formula is C14H16ClNS. The molecule has 90 valence electrons. The first-order chi connectivity index (χ1) is 8.29. The minimum atomic E-state index is 0.472. The van der Waals surface area contributed by atoms with E-state index < -0.39 is 0 Å². The summed E-state index contributed by atoms with van der Waals surface area (Å²) in [6, 6.07) is 8.52. The molecule has 3 heteroatoms. The predicted octanol–water partition coefficient (Wildman–Crippen LogP) is 4.09. The third-order valence-corrected chi connectivity index (χ3v) is 4.04. The highest BCUT2D eigenvalue weighted by Crippen LogP contribution is 2.18. The van der Waals surface area contributed by atoms with Crippen LogP contribution in [0.3, 0.4) is 0 Å². The van der Waals surface area contributed by atoms with E-state index in [1.54, 1.807) is 11.3 Å². The lowest BCUT2D eigenvalue weighted by Crippen LogP contribution is -2.11. The third kappa shape index (κ3) is 3.55. The average molecular weight is 266 g/mol. The zero-order chi connectivity index (χ0) is 12.1. The minimum Gasteiger partial charge on any atom is -0.250 e. The molecule has 1 aromatic carbocycles. The van der Waals surface area contributed by atoms with E-state index in [0.29, 0.717) is 11.8 Å². The maximum Gasteiger partial charge on any atom is 0.0794 e. The molecule has 2 aromatic rings. The van der Waals surface area contributed by atoms with Crippen LogP contribution in [0.15, 0.2) is 35.2 Å². The second-order valence-electron chi connectivity index (χ2n) is 4.33. The lowest BCUT2D eigenvalue weighted by molar-refractivity contribution is 0.575. The van der Waals surface area contributed by atoms with E-state index in [1.807, 2.05) is 5.51 Å². The number of nitrogens with zero attached hydrogens (tertiary/aromatic N) is 1. The molecule has 2 rings (SSSR count). The summed E-state index contributed by atoms with van der Waals surface area (Å²) in [6.45, 7) is 2.16. The molecule has 1 atom stereocenters. The zero-order valence-electron chi connectivity index (χ0n) is 9.90. The van der Waals surface area contributed by atoms with Crippen LogP contribution in [0.25, 0.3) is 0 Å². The Morgan fingerprint density at radius 3 is 2.76 bits per heavy atom. The van der Waals surface area contributed by atoms with E-state index >= 15 is 0 Å². The van der Waals surface area contributed by atoms with Crippen LogP contribution in [0, 0.1) is 12.8 Å². The number of alkyl halides is 1. The molecule has 0 aliphatic rings. The molecule has 0 spiro atoms. The second-order valence-corrected chi connectivity index (χ2v) is 5.36. The molecule has 0 saturated carbocycles. The molecular weight excluding hydrogens is 250 g/mol. The summed E-state index contributed by atoms with van der Waals surface area (Å²) >= 11 is 7.71. The third-order valence-electron chi connectivity index (χ3n) is 2.97. The topological polar surface area (TPSA) is 12.9 Å². The van der Waals surface area contributed by atoms with Gasteiger partial charge in [-0.1, -0.05) is 24.3 Å². The Kier molecular flexibility index (Phi) is 4.57. The molecule has 0 radical (unpaired) electrons. The Bertz CT molecular complexity index is 453. The lowest BCUT2D eigenvalue weighted by atomic mass is 9.94. The van der Waals surface area contributed by atoms with Crippen LogP contribution in [0.5, 0.6) is 0 Å². The molecule has 0 saturated heterocycles. The van der Waals surface area contributed by atoms with Gasteiger partial charge in [-0.05, 0) is 36.8 Å². The van der Waals surface area contributed by atoms with Crippen LogP contribution in [-0.2, 0) is 12.8 Å². The van der Waals surface area contributed by atoms with Crippen molar-refractivity contribution in [1.82, 2.24) is 4.98 Å². The first kappa shape index (κ1) is 12.6. The van der Waals surface area contributed by atoms with E-state index in [9.17, 15) is 0 Å². The van der Waals surface area contributed by atoms with E-state index in [0.717, 1.165) is 18.5 Å². The first-order valence-corrected chi connectivity index (χ1v) is 7.25. The normalized spacial score (nSPS) is 12.6. The fourth-order valence-electron chi connectivity index (χ4n) is 1.97. The molecule has 1 unspecified atom stereocenters. The number of aryl methyl sites for hydroxylation is 1. The molecule has 0 aliphatic heterocycles. The zero-order valence-corrected chi connectivity index (χ0v) is 11.5. The number of hydrogen-bond donors (Lipinski definition) is 0. The van der Waals surface area contributed by atoms with Crippen molar-refractivity contribution < 1.29 is 0 Å². The van der Waals surface area contributed by atoms with Crippen molar-refractivity contribution in [3.8, 4) is 0 Å². The van der Waals surface area contributed by atoms with Crippen LogP contribution in [0.2, 0.25) is 0 Å². The lowest BCUT2D eigenvalue weighted by Gasteiger charge is -2.14. The maximum absolute atomic E-state index is 6.06. The number of aromatic nitrogens is 1. The summed E-state index contributed by atoms with van der Waals surface area (Å²) in [7, 11) is 0. The van der Waals surface area contributed by atoms with Crippen molar-refractivity contribution in [1.29, 1.82) is 0 Å². The van der Waals surface area contributed by atoms with E-state index in [-0.39, 0.29) is 0 Å². The molecule has 1 nitrogen and oxygen atoms in total. The van der Waals surface area contributed by atoms with Crippen molar-refractivity contribution in [3.63, 3.8) is 0 Å². The first-order valence-electron chi connectivity index (χ1n) is 5.77. The van der Waals surface area contributed by atoms with Crippen molar-refractivity contribution in [2.75, 3.05) is 5.88 Å². The Morgan fingerprint density at radius 1 is 1.29 bits per heavy atom. The maximum atomic E-state index is 6.06. The Labute approximate surface area is 111 Å². The minimum absolute atomic E-state index is 0.472. The van der Waals surface area contributed by atoms with E-state index in [2.05, 4.69) is 41.6 Å². The fourth-order valence-corrected chi connectivity index (χ4v) is 2.76. The van der Waals surface area contributed by atoms with Gasteiger partial charge in [0.2, 0.25) is 0 Å². The van der Waals surface area contributed by atoms with Gasteiger partial charge in [0, 0.05) is 11.3 Å². The van der Waals surface area contributed by atoms with Gasteiger partial charge in [-0.15, -0.1) is 22.9 Å². The van der Waals surface area contributed by atoms with Gasteiger partial charge in [0.1, 0.15) is 0 Å². The molecule has 1 aromatic heterocycles. The standard InChI is InChI=1S/C14H16ClNS/c1-11-4-2-3-5-13(11)6-12(8-15)7-14-9-17-10-16-14/h2-5,9-10,12H,6-8H2,1H3. The van der Waals surface area contributed by atoms with Gasteiger partial charge >= 0.3 is 0 Å². The van der Waals surface area contributed by atoms with Crippen LogP contribution in [0.1, 0.15) is 16.8 Å². The number of hydrogen-bond acceptors (Lipinski definition) is 2. The van der Waals surface area contributed by atoms with Crippen molar-refractivity contribution in [2.24, 2.45) is 5.92 Å². The summed E-state index contributed by atoms with van der Waals surface area (Å²) < 4.78 is 0. The summed E-state index contributed by atoms with van der Waals surface area (Å²) in [5, 5.41) is 2.11. The number of halogens is 1. The highest BCUT2D eigenvalue weighted by molar-refractivity contribution is 7.07. The van der Waals surface area contributed by atoms with Gasteiger partial charge in [-0.3, -0.25) is 0 Å². The molecule has 0 N–H and O–H groups in total. The number of rotatable bonds is 5. The van der Waals surface area contributed by atoms with Crippen LogP contribution >= 0.6 is 22.9 Å². The molecule has 0 amide bonds. The Balaban J connectivity index is 2.03. The van der Waals surface area contributed by atoms with Crippen molar-refractivity contribution >= 4 is 22.9 Å². The second kappa shape index (κ2) is 6.18. The summed E-state index contributed by atoms with van der Waals surface area (Å²) in [5.41, 5.74) is 5.79. The Hall–Kier alpha value is -0.860. The molecule has 0 aliphatic carbocycles. The molecule has 0 bridgehead atoms. The SMILES string of the molecule is Cc1ccccc1CC(CCl)Cc1cscn1. The van der Waals surface area contributed by atoms with Gasteiger partial charge in [-0.2, -0.15) is 0 Å². The molecule has 0 fully saturated rings.